The number of hydrogen-bond donors (Lipinski definition) is 1. The van der Waals surface area contributed by atoms with Gasteiger partial charge in [0.15, 0.2) is 0 Å². The van der Waals surface area contributed by atoms with Crippen molar-refractivity contribution < 1.29 is 19.0 Å². The number of nitrogens with zero attached hydrogens (tertiary/aromatic N) is 1. The maximum absolute atomic E-state index is 12.8. The van der Waals surface area contributed by atoms with Gasteiger partial charge < -0.3 is 24.4 Å². The lowest BCUT2D eigenvalue weighted by molar-refractivity contribution is 0.191. The predicted octanol–water partition coefficient (Wildman–Crippen LogP) is 3.76. The molecule has 1 fully saturated rings. The van der Waals surface area contributed by atoms with Crippen LogP contribution in [0.2, 0.25) is 0 Å². The van der Waals surface area contributed by atoms with Crippen LogP contribution in [0.15, 0.2) is 42.5 Å². The average Bonchev–Trinajstić information content (AvgIpc) is 3.21. The number of carbonyl (C=O) groups is 1. The summed E-state index contributed by atoms with van der Waals surface area (Å²) >= 11 is 0. The molecule has 1 heterocycles. The second-order valence-electron chi connectivity index (χ2n) is 6.47. The van der Waals surface area contributed by atoms with Gasteiger partial charge in [-0.05, 0) is 48.7 Å². The van der Waals surface area contributed by atoms with Crippen LogP contribution in [-0.2, 0) is 6.54 Å². The minimum atomic E-state index is -0.0711. The number of ether oxygens (including phenoxy) is 3. The monoisotopic (exact) mass is 370 g/mol. The molecule has 2 aromatic rings. The molecule has 0 radical (unpaired) electrons. The Labute approximate surface area is 160 Å². The lowest BCUT2D eigenvalue weighted by Gasteiger charge is -2.27. The van der Waals surface area contributed by atoms with Gasteiger partial charge in [0.1, 0.15) is 17.2 Å². The summed E-state index contributed by atoms with van der Waals surface area (Å²) in [6.07, 6.45) is 1.86. The van der Waals surface area contributed by atoms with Crippen LogP contribution in [0.3, 0.4) is 0 Å². The number of amides is 2. The normalized spacial score (nSPS) is 16.1. The molecule has 1 aliphatic rings. The lowest BCUT2D eigenvalue weighted by Crippen LogP contribution is -2.39. The number of likely N-dealkylation sites (tertiary alicyclic amines) is 1. The molecule has 0 spiro atoms. The minimum absolute atomic E-state index is 0.0223. The Bertz CT molecular complexity index is 776. The van der Waals surface area contributed by atoms with Crippen molar-refractivity contribution in [1.82, 2.24) is 10.2 Å². The topological polar surface area (TPSA) is 60.0 Å². The molecule has 6 heteroatoms. The van der Waals surface area contributed by atoms with Crippen LogP contribution >= 0.6 is 0 Å². The smallest absolute Gasteiger partial charge is 0.318 e. The van der Waals surface area contributed by atoms with E-state index in [1.807, 2.05) is 47.4 Å². The van der Waals surface area contributed by atoms with Crippen molar-refractivity contribution in [2.45, 2.75) is 25.4 Å². The first-order chi connectivity index (χ1) is 13.2. The maximum Gasteiger partial charge on any atom is 0.318 e. The Morgan fingerprint density at radius 3 is 2.41 bits per heavy atom. The van der Waals surface area contributed by atoms with E-state index in [-0.39, 0.29) is 12.1 Å². The highest BCUT2D eigenvalue weighted by atomic mass is 16.5. The largest absolute Gasteiger partial charge is 0.497 e. The fourth-order valence-corrected chi connectivity index (χ4v) is 3.46. The van der Waals surface area contributed by atoms with Crippen molar-refractivity contribution in [3.05, 3.63) is 53.6 Å². The lowest BCUT2D eigenvalue weighted by atomic mass is 10.0. The number of benzene rings is 2. The molecule has 1 atom stereocenters. The van der Waals surface area contributed by atoms with Crippen molar-refractivity contribution in [3.63, 3.8) is 0 Å². The van der Waals surface area contributed by atoms with E-state index < -0.39 is 0 Å². The van der Waals surface area contributed by atoms with E-state index in [9.17, 15) is 4.79 Å². The third-order valence-corrected chi connectivity index (χ3v) is 4.91. The van der Waals surface area contributed by atoms with Gasteiger partial charge >= 0.3 is 6.03 Å². The second-order valence-corrected chi connectivity index (χ2v) is 6.47. The number of carbonyl (C=O) groups excluding carboxylic acids is 1. The summed E-state index contributed by atoms with van der Waals surface area (Å²) in [4.78, 5) is 14.7. The van der Waals surface area contributed by atoms with Gasteiger partial charge in [0.2, 0.25) is 0 Å². The van der Waals surface area contributed by atoms with E-state index in [1.54, 1.807) is 21.3 Å². The summed E-state index contributed by atoms with van der Waals surface area (Å²) in [6.45, 7) is 1.20. The number of rotatable bonds is 6. The van der Waals surface area contributed by atoms with E-state index in [0.29, 0.717) is 6.54 Å². The summed E-state index contributed by atoms with van der Waals surface area (Å²) in [5.74, 6) is 2.33. The van der Waals surface area contributed by atoms with Crippen LogP contribution in [0.5, 0.6) is 17.2 Å². The van der Waals surface area contributed by atoms with Crippen molar-refractivity contribution in [2.24, 2.45) is 0 Å². The number of methoxy groups -OCH3 is 3. The summed E-state index contributed by atoms with van der Waals surface area (Å²) < 4.78 is 16.0. The highest BCUT2D eigenvalue weighted by Gasteiger charge is 2.32. The molecule has 0 saturated carbocycles. The molecule has 1 saturated heterocycles. The Balaban J connectivity index is 1.70. The zero-order chi connectivity index (χ0) is 19.2. The molecule has 6 nitrogen and oxygen atoms in total. The second kappa shape index (κ2) is 8.66. The van der Waals surface area contributed by atoms with Gasteiger partial charge in [-0.15, -0.1) is 0 Å². The molecule has 0 bridgehead atoms. The summed E-state index contributed by atoms with van der Waals surface area (Å²) in [5.41, 5.74) is 2.01. The third kappa shape index (κ3) is 4.27. The Kier molecular flexibility index (Phi) is 6.06. The molecular weight excluding hydrogens is 344 g/mol. The SMILES string of the molecule is COc1ccc(CNC(=O)N2CCCC2c2cc(OC)ccc2OC)cc1. The minimum Gasteiger partial charge on any atom is -0.497 e. The molecular formula is C21H26N2O4. The molecule has 3 rings (SSSR count). The fourth-order valence-electron chi connectivity index (χ4n) is 3.46. The Morgan fingerprint density at radius 1 is 1.04 bits per heavy atom. The first-order valence-corrected chi connectivity index (χ1v) is 9.05. The summed E-state index contributed by atoms with van der Waals surface area (Å²) in [7, 11) is 4.92. The van der Waals surface area contributed by atoms with Gasteiger partial charge in [-0.3, -0.25) is 0 Å². The van der Waals surface area contributed by atoms with Gasteiger partial charge in [-0.2, -0.15) is 0 Å². The van der Waals surface area contributed by atoms with Crippen molar-refractivity contribution in [3.8, 4) is 17.2 Å². The number of urea groups is 1. The molecule has 2 aromatic carbocycles. The Hall–Kier alpha value is -2.89. The molecule has 0 aliphatic carbocycles. The van der Waals surface area contributed by atoms with Crippen LogP contribution in [0.4, 0.5) is 4.79 Å². The predicted molar refractivity (Wildman–Crippen MR) is 103 cm³/mol. The highest BCUT2D eigenvalue weighted by molar-refractivity contribution is 5.75. The van der Waals surface area contributed by atoms with E-state index >= 15 is 0 Å². The van der Waals surface area contributed by atoms with Crippen LogP contribution in [0, 0.1) is 0 Å². The number of nitrogens with one attached hydrogen (secondary N) is 1. The highest BCUT2D eigenvalue weighted by Crippen LogP contribution is 2.38. The van der Waals surface area contributed by atoms with E-state index in [4.69, 9.17) is 14.2 Å². The van der Waals surface area contributed by atoms with Gasteiger partial charge in [-0.25, -0.2) is 4.79 Å². The van der Waals surface area contributed by atoms with Crippen molar-refractivity contribution in [1.29, 1.82) is 0 Å². The van der Waals surface area contributed by atoms with Crippen LogP contribution in [0.25, 0.3) is 0 Å². The molecule has 144 valence electrons. The molecule has 1 unspecified atom stereocenters. The molecule has 0 aromatic heterocycles. The van der Waals surface area contributed by atoms with Crippen molar-refractivity contribution in [2.75, 3.05) is 27.9 Å². The van der Waals surface area contributed by atoms with Gasteiger partial charge in [-0.1, -0.05) is 12.1 Å². The van der Waals surface area contributed by atoms with Crippen LogP contribution in [-0.4, -0.2) is 38.8 Å². The van der Waals surface area contributed by atoms with Gasteiger partial charge in [0, 0.05) is 18.7 Å². The first-order valence-electron chi connectivity index (χ1n) is 9.05. The maximum atomic E-state index is 12.8. The summed E-state index contributed by atoms with van der Waals surface area (Å²) in [5, 5.41) is 3.02. The Morgan fingerprint density at radius 2 is 1.74 bits per heavy atom. The standard InChI is InChI=1S/C21H26N2O4/c1-25-16-8-6-15(7-9-16)14-22-21(24)23-12-4-5-19(23)18-13-17(26-2)10-11-20(18)27-3/h6-11,13,19H,4-5,12,14H2,1-3H3,(H,22,24). The zero-order valence-corrected chi connectivity index (χ0v) is 16.0. The van der Waals surface area contributed by atoms with Crippen molar-refractivity contribution >= 4 is 6.03 Å². The van der Waals surface area contributed by atoms with Gasteiger partial charge in [0.25, 0.3) is 0 Å². The van der Waals surface area contributed by atoms with Crippen LogP contribution in [0.1, 0.15) is 30.0 Å². The average molecular weight is 370 g/mol. The van der Waals surface area contributed by atoms with E-state index in [2.05, 4.69) is 5.32 Å². The summed E-state index contributed by atoms with van der Waals surface area (Å²) in [6, 6.07) is 13.3. The molecule has 1 aliphatic heterocycles. The molecule has 2 amide bonds. The third-order valence-electron chi connectivity index (χ3n) is 4.91. The number of hydrogen-bond acceptors (Lipinski definition) is 4. The molecule has 1 N–H and O–H groups in total. The van der Waals surface area contributed by atoms with Crippen LogP contribution < -0.4 is 19.5 Å². The quantitative estimate of drug-likeness (QED) is 0.841. The first kappa shape index (κ1) is 18.9. The fraction of sp³-hybridized carbons (Fsp3) is 0.381. The molecule has 27 heavy (non-hydrogen) atoms. The van der Waals surface area contributed by atoms with E-state index in [1.165, 1.54) is 0 Å². The zero-order valence-electron chi connectivity index (χ0n) is 16.0. The van der Waals surface area contributed by atoms with E-state index in [0.717, 1.165) is 47.8 Å². The van der Waals surface area contributed by atoms with Gasteiger partial charge in [0.05, 0.1) is 27.4 Å².